The van der Waals surface area contributed by atoms with Crippen molar-refractivity contribution >= 4 is 56.0 Å². The molecule has 0 unspecified atom stereocenters. The van der Waals surface area contributed by atoms with Crippen LogP contribution in [0.25, 0.3) is 10.9 Å². The van der Waals surface area contributed by atoms with Crippen molar-refractivity contribution in [1.82, 2.24) is 10.3 Å². The number of halogens is 2. The lowest BCUT2D eigenvalue weighted by Gasteiger charge is -2.12. The van der Waals surface area contributed by atoms with Gasteiger partial charge in [-0.1, -0.05) is 51.8 Å². The maximum absolute atomic E-state index is 12.7. The maximum Gasteiger partial charge on any atom is 0.257 e. The summed E-state index contributed by atoms with van der Waals surface area (Å²) in [6.07, 6.45) is 2.75. The minimum atomic E-state index is -0.259. The highest BCUT2D eigenvalue weighted by atomic mass is 79.9. The molecule has 3 N–H and O–H groups in total. The lowest BCUT2D eigenvalue weighted by Crippen LogP contribution is -2.36. The highest BCUT2D eigenvalue weighted by Gasteiger charge is 2.10. The molecule has 0 radical (unpaired) electrons. The fourth-order valence-corrected chi connectivity index (χ4v) is 3.75. The van der Waals surface area contributed by atoms with E-state index >= 15 is 0 Å². The Morgan fingerprint density at radius 2 is 1.84 bits per heavy atom. The van der Waals surface area contributed by atoms with Crippen LogP contribution < -0.4 is 10.6 Å². The number of carbonyl (C=O) groups is 1. The Morgan fingerprint density at radius 3 is 2.65 bits per heavy atom. The van der Waals surface area contributed by atoms with Crippen LogP contribution in [0.15, 0.2) is 88.5 Å². The molecule has 0 spiro atoms. The third-order valence-electron chi connectivity index (χ3n) is 4.75. The van der Waals surface area contributed by atoms with Crippen molar-refractivity contribution in [3.8, 4) is 0 Å². The fraction of sp³-hybridized carbons (Fsp3) is 0.0833. The topological polar surface area (TPSA) is 69.3 Å². The molecule has 0 fully saturated rings. The number of guanidine groups is 1. The highest BCUT2D eigenvalue weighted by Crippen LogP contribution is 2.18. The first kappa shape index (κ1) is 21.2. The number of fused-ring (bicyclic) bond motifs is 1. The van der Waals surface area contributed by atoms with E-state index in [1.54, 1.807) is 24.3 Å². The zero-order valence-corrected chi connectivity index (χ0v) is 18.9. The Kier molecular flexibility index (Phi) is 6.70. The molecule has 156 valence electrons. The Labute approximate surface area is 193 Å². The number of rotatable bonds is 5. The summed E-state index contributed by atoms with van der Waals surface area (Å²) >= 11 is 9.39. The van der Waals surface area contributed by atoms with Crippen LogP contribution in [0, 0.1) is 0 Å². The summed E-state index contributed by atoms with van der Waals surface area (Å²) in [6, 6.07) is 22.6. The fourth-order valence-electron chi connectivity index (χ4n) is 3.22. The van der Waals surface area contributed by atoms with Crippen molar-refractivity contribution in [1.29, 1.82) is 0 Å². The van der Waals surface area contributed by atoms with E-state index in [2.05, 4.69) is 48.7 Å². The van der Waals surface area contributed by atoms with Crippen LogP contribution in [0.4, 0.5) is 5.69 Å². The van der Waals surface area contributed by atoms with Crippen molar-refractivity contribution in [2.24, 2.45) is 4.99 Å². The van der Waals surface area contributed by atoms with Gasteiger partial charge in [0.2, 0.25) is 5.96 Å². The average molecular weight is 496 g/mol. The molecular weight excluding hydrogens is 476 g/mol. The molecule has 5 nitrogen and oxygen atoms in total. The first-order valence-corrected chi connectivity index (χ1v) is 10.9. The second kappa shape index (κ2) is 9.81. The van der Waals surface area contributed by atoms with Crippen LogP contribution in [-0.4, -0.2) is 23.4 Å². The van der Waals surface area contributed by atoms with Crippen LogP contribution >= 0.6 is 27.5 Å². The van der Waals surface area contributed by atoms with Gasteiger partial charge in [0, 0.05) is 44.4 Å². The van der Waals surface area contributed by atoms with Gasteiger partial charge in [0.15, 0.2) is 0 Å². The van der Waals surface area contributed by atoms with E-state index in [9.17, 15) is 4.79 Å². The summed E-state index contributed by atoms with van der Waals surface area (Å²) in [7, 11) is 0. The molecule has 31 heavy (non-hydrogen) atoms. The summed E-state index contributed by atoms with van der Waals surface area (Å²) < 4.78 is 0.930. The Morgan fingerprint density at radius 1 is 1.03 bits per heavy atom. The molecule has 0 saturated carbocycles. The van der Waals surface area contributed by atoms with Gasteiger partial charge in [-0.2, -0.15) is 0 Å². The quantitative estimate of drug-likeness (QED) is 0.234. The monoisotopic (exact) mass is 494 g/mol. The van der Waals surface area contributed by atoms with Crippen molar-refractivity contribution in [3.63, 3.8) is 0 Å². The van der Waals surface area contributed by atoms with E-state index < -0.39 is 0 Å². The van der Waals surface area contributed by atoms with Gasteiger partial charge in [-0.3, -0.25) is 15.1 Å². The second-order valence-corrected chi connectivity index (χ2v) is 8.29. The molecule has 1 amide bonds. The van der Waals surface area contributed by atoms with E-state index in [1.165, 1.54) is 10.9 Å². The van der Waals surface area contributed by atoms with Crippen LogP contribution in [0.5, 0.6) is 0 Å². The first-order chi connectivity index (χ1) is 15.1. The molecular formula is C24H20BrClN4O. The summed E-state index contributed by atoms with van der Waals surface area (Å²) in [5, 5.41) is 7.84. The van der Waals surface area contributed by atoms with E-state index in [-0.39, 0.29) is 5.91 Å². The first-order valence-electron chi connectivity index (χ1n) is 9.77. The lowest BCUT2D eigenvalue weighted by molar-refractivity contribution is 0.0977. The zero-order chi connectivity index (χ0) is 21.6. The highest BCUT2D eigenvalue weighted by molar-refractivity contribution is 9.10. The zero-order valence-electron chi connectivity index (χ0n) is 16.5. The van der Waals surface area contributed by atoms with Crippen molar-refractivity contribution in [2.45, 2.75) is 6.42 Å². The predicted molar refractivity (Wildman–Crippen MR) is 131 cm³/mol. The number of hydrogen-bond acceptors (Lipinski definition) is 2. The number of hydrogen-bond donors (Lipinski definition) is 3. The number of anilines is 1. The molecule has 3 aromatic carbocycles. The normalized spacial score (nSPS) is 11.5. The number of para-hydroxylation sites is 1. The number of H-pyrrole nitrogens is 1. The molecule has 0 aliphatic carbocycles. The summed E-state index contributed by atoms with van der Waals surface area (Å²) in [4.78, 5) is 20.6. The maximum atomic E-state index is 12.7. The molecule has 0 bridgehead atoms. The van der Waals surface area contributed by atoms with Crippen LogP contribution in [0.2, 0.25) is 5.02 Å². The second-order valence-electron chi connectivity index (χ2n) is 6.94. The Hall–Kier alpha value is -3.09. The van der Waals surface area contributed by atoms with Crippen molar-refractivity contribution in [3.05, 3.63) is 99.6 Å². The van der Waals surface area contributed by atoms with Gasteiger partial charge >= 0.3 is 0 Å². The van der Waals surface area contributed by atoms with Crippen LogP contribution in [0.3, 0.4) is 0 Å². The Balaban J connectivity index is 1.52. The van der Waals surface area contributed by atoms with Gasteiger partial charge in [0.05, 0.1) is 0 Å². The number of benzene rings is 3. The molecule has 0 aliphatic rings. The number of aliphatic imine (C=N–C) groups is 1. The number of carbonyl (C=O) groups excluding carboxylic acids is 1. The van der Waals surface area contributed by atoms with Gasteiger partial charge in [-0.25, -0.2) is 0 Å². The summed E-state index contributed by atoms with van der Waals surface area (Å²) in [5.74, 6) is 0.128. The molecule has 4 rings (SSSR count). The van der Waals surface area contributed by atoms with E-state index in [4.69, 9.17) is 11.6 Å². The molecule has 0 atom stereocenters. The summed E-state index contributed by atoms with van der Waals surface area (Å²) in [5.41, 5.74) is 3.61. The third-order valence-corrected chi connectivity index (χ3v) is 5.50. The number of aromatic nitrogens is 1. The molecule has 0 aliphatic heterocycles. The molecule has 0 saturated heterocycles. The van der Waals surface area contributed by atoms with E-state index in [0.29, 0.717) is 23.1 Å². The minimum Gasteiger partial charge on any atom is -0.361 e. The minimum absolute atomic E-state index is 0.259. The van der Waals surface area contributed by atoms with Gasteiger partial charge in [-0.15, -0.1) is 0 Å². The molecule has 7 heteroatoms. The Bertz CT molecular complexity index is 1230. The SMILES string of the molecule is O=C(NC(=NCCc1c[nH]c2ccccc12)Nc1cccc(Br)c1)c1ccc(Cl)cc1. The van der Waals surface area contributed by atoms with Gasteiger partial charge in [-0.05, 0) is 60.5 Å². The number of nitrogens with one attached hydrogen (secondary N) is 3. The van der Waals surface area contributed by atoms with Gasteiger partial charge in [0.25, 0.3) is 5.91 Å². The van der Waals surface area contributed by atoms with Crippen molar-refractivity contribution in [2.75, 3.05) is 11.9 Å². The third kappa shape index (κ3) is 5.54. The number of amides is 1. The number of nitrogens with zero attached hydrogens (tertiary/aromatic N) is 1. The van der Waals surface area contributed by atoms with Crippen LogP contribution in [-0.2, 0) is 6.42 Å². The number of aromatic amines is 1. The molecule has 1 aromatic heterocycles. The van der Waals surface area contributed by atoms with Crippen molar-refractivity contribution < 1.29 is 4.79 Å². The summed E-state index contributed by atoms with van der Waals surface area (Å²) in [6.45, 7) is 0.513. The standard InChI is InChI=1S/C24H20BrClN4O/c25-18-4-3-5-20(14-18)29-24(30-23(31)16-8-10-19(26)11-9-16)27-13-12-17-15-28-22-7-2-1-6-21(17)22/h1-11,14-15,28H,12-13H2,(H2,27,29,30,31). The van der Waals surface area contributed by atoms with E-state index in [1.807, 2.05) is 42.6 Å². The van der Waals surface area contributed by atoms with Crippen LogP contribution in [0.1, 0.15) is 15.9 Å². The van der Waals surface area contributed by atoms with Gasteiger partial charge in [0.1, 0.15) is 0 Å². The largest absolute Gasteiger partial charge is 0.361 e. The predicted octanol–water partition coefficient (Wildman–Crippen LogP) is 6.02. The lowest BCUT2D eigenvalue weighted by atomic mass is 10.1. The molecule has 4 aromatic rings. The molecule has 1 heterocycles. The smallest absolute Gasteiger partial charge is 0.257 e. The van der Waals surface area contributed by atoms with Gasteiger partial charge < -0.3 is 10.3 Å². The average Bonchev–Trinajstić information content (AvgIpc) is 3.17. The van der Waals surface area contributed by atoms with E-state index in [0.717, 1.165) is 22.1 Å².